The minimum atomic E-state index is -0.295. The summed E-state index contributed by atoms with van der Waals surface area (Å²) in [4.78, 5) is 24.4. The fourth-order valence-electron chi connectivity index (χ4n) is 2.32. The molecule has 0 heterocycles. The first-order valence-electron chi connectivity index (χ1n) is 8.60. The van der Waals surface area contributed by atoms with Gasteiger partial charge in [-0.1, -0.05) is 35.8 Å². The van der Waals surface area contributed by atoms with Gasteiger partial charge < -0.3 is 15.4 Å². The number of nitrogens with one attached hydrogen (secondary N) is 2. The van der Waals surface area contributed by atoms with Crippen molar-refractivity contribution in [1.29, 1.82) is 0 Å². The molecule has 0 aliphatic heterocycles. The van der Waals surface area contributed by atoms with Gasteiger partial charge in [0.1, 0.15) is 5.75 Å². The maximum atomic E-state index is 12.2. The van der Waals surface area contributed by atoms with Gasteiger partial charge in [-0.05, 0) is 48.4 Å². The van der Waals surface area contributed by atoms with Crippen LogP contribution in [0, 0.1) is 5.92 Å². The van der Waals surface area contributed by atoms with Gasteiger partial charge in [-0.2, -0.15) is 0 Å². The highest BCUT2D eigenvalue weighted by Crippen LogP contribution is 2.24. The molecule has 142 valence electrons. The van der Waals surface area contributed by atoms with Crippen LogP contribution in [0.5, 0.6) is 5.75 Å². The topological polar surface area (TPSA) is 67.4 Å². The molecule has 0 atom stereocenters. The lowest BCUT2D eigenvalue weighted by Crippen LogP contribution is -2.27. The number of anilines is 1. The Bertz CT molecular complexity index is 847. The van der Waals surface area contributed by atoms with E-state index in [0.717, 1.165) is 10.0 Å². The molecule has 0 aliphatic rings. The number of hydrogen-bond acceptors (Lipinski definition) is 3. The van der Waals surface area contributed by atoms with Crippen LogP contribution in [0.25, 0.3) is 6.08 Å². The summed E-state index contributed by atoms with van der Waals surface area (Å²) in [5.74, 6) is 0.592. The molecule has 0 saturated heterocycles. The van der Waals surface area contributed by atoms with Crippen LogP contribution in [-0.4, -0.2) is 25.5 Å². The van der Waals surface area contributed by atoms with E-state index in [2.05, 4.69) is 26.6 Å². The predicted octanol–water partition coefficient (Wildman–Crippen LogP) is 4.50. The van der Waals surface area contributed by atoms with E-state index in [9.17, 15) is 9.59 Å². The van der Waals surface area contributed by atoms with E-state index in [0.29, 0.717) is 29.5 Å². The maximum Gasteiger partial charge on any atom is 0.251 e. The molecule has 0 radical (unpaired) electrons. The maximum absolute atomic E-state index is 12.2. The monoisotopic (exact) mass is 430 g/mol. The van der Waals surface area contributed by atoms with Crippen LogP contribution in [0.4, 0.5) is 5.69 Å². The molecule has 2 rings (SSSR count). The van der Waals surface area contributed by atoms with Crippen LogP contribution in [0.15, 0.2) is 53.0 Å². The summed E-state index contributed by atoms with van der Waals surface area (Å²) in [5.41, 5.74) is 1.85. The summed E-state index contributed by atoms with van der Waals surface area (Å²) in [6.45, 7) is 4.67. The Morgan fingerprint density at radius 2 is 1.96 bits per heavy atom. The van der Waals surface area contributed by atoms with Crippen molar-refractivity contribution in [2.24, 2.45) is 5.92 Å². The first-order valence-corrected chi connectivity index (χ1v) is 9.39. The summed E-state index contributed by atoms with van der Waals surface area (Å²) < 4.78 is 6.18. The molecule has 0 unspecified atom stereocenters. The molecule has 2 aromatic rings. The molecule has 0 aliphatic carbocycles. The van der Waals surface area contributed by atoms with Crippen molar-refractivity contribution in [3.05, 3.63) is 64.1 Å². The van der Waals surface area contributed by atoms with Crippen molar-refractivity contribution in [3.8, 4) is 5.75 Å². The van der Waals surface area contributed by atoms with Gasteiger partial charge in [0.05, 0.1) is 7.11 Å². The molecule has 0 fully saturated rings. The molecule has 5 nitrogen and oxygen atoms in total. The number of halogens is 1. The van der Waals surface area contributed by atoms with E-state index >= 15 is 0 Å². The van der Waals surface area contributed by atoms with Gasteiger partial charge in [-0.15, -0.1) is 0 Å². The molecule has 2 N–H and O–H groups in total. The predicted molar refractivity (Wildman–Crippen MR) is 112 cm³/mol. The fraction of sp³-hybridized carbons (Fsp3) is 0.238. The average molecular weight is 431 g/mol. The second-order valence-electron chi connectivity index (χ2n) is 6.39. The normalized spacial score (nSPS) is 10.9. The van der Waals surface area contributed by atoms with Crippen molar-refractivity contribution in [1.82, 2.24) is 5.32 Å². The first kappa shape index (κ1) is 20.7. The molecule has 2 aromatic carbocycles. The summed E-state index contributed by atoms with van der Waals surface area (Å²) >= 11 is 3.40. The van der Waals surface area contributed by atoms with E-state index in [1.807, 2.05) is 32.0 Å². The molecular formula is C21H23BrN2O3. The lowest BCUT2D eigenvalue weighted by Gasteiger charge is -2.09. The number of hydrogen-bond donors (Lipinski definition) is 2. The van der Waals surface area contributed by atoms with Gasteiger partial charge in [-0.25, -0.2) is 0 Å². The van der Waals surface area contributed by atoms with Crippen LogP contribution < -0.4 is 15.4 Å². The SMILES string of the molecule is COc1ccc(Br)cc1/C=C/C(=O)Nc1cccc(C(=O)NCC(C)C)c1. The fourth-order valence-corrected chi connectivity index (χ4v) is 2.70. The number of carbonyl (C=O) groups is 2. The lowest BCUT2D eigenvalue weighted by atomic mass is 10.1. The molecule has 2 amide bonds. The van der Waals surface area contributed by atoms with E-state index in [-0.39, 0.29) is 11.8 Å². The summed E-state index contributed by atoms with van der Waals surface area (Å²) in [6, 6.07) is 12.4. The number of rotatable bonds is 7. The summed E-state index contributed by atoms with van der Waals surface area (Å²) in [7, 11) is 1.58. The van der Waals surface area contributed by atoms with Crippen LogP contribution in [0.2, 0.25) is 0 Å². The number of amides is 2. The summed E-state index contributed by atoms with van der Waals surface area (Å²) in [6.07, 6.45) is 3.11. The lowest BCUT2D eigenvalue weighted by molar-refractivity contribution is -0.111. The van der Waals surface area contributed by atoms with Crippen molar-refractivity contribution in [3.63, 3.8) is 0 Å². The van der Waals surface area contributed by atoms with Crippen molar-refractivity contribution < 1.29 is 14.3 Å². The molecule has 0 spiro atoms. The zero-order chi connectivity index (χ0) is 19.8. The number of methoxy groups -OCH3 is 1. The first-order chi connectivity index (χ1) is 12.9. The van der Waals surface area contributed by atoms with Crippen molar-refractivity contribution >= 4 is 39.5 Å². The van der Waals surface area contributed by atoms with Crippen molar-refractivity contribution in [2.75, 3.05) is 19.0 Å². The Hall–Kier alpha value is -2.60. The van der Waals surface area contributed by atoms with Gasteiger partial charge in [0.2, 0.25) is 5.91 Å². The van der Waals surface area contributed by atoms with Crippen LogP contribution in [-0.2, 0) is 4.79 Å². The van der Waals surface area contributed by atoms with Gasteiger partial charge >= 0.3 is 0 Å². The van der Waals surface area contributed by atoms with E-state index in [1.165, 1.54) is 6.08 Å². The minimum Gasteiger partial charge on any atom is -0.496 e. The highest BCUT2D eigenvalue weighted by atomic mass is 79.9. The number of benzene rings is 2. The summed E-state index contributed by atoms with van der Waals surface area (Å²) in [5, 5.41) is 5.63. The average Bonchev–Trinajstić information content (AvgIpc) is 2.64. The highest BCUT2D eigenvalue weighted by molar-refractivity contribution is 9.10. The third-order valence-corrected chi connectivity index (χ3v) is 4.16. The zero-order valence-electron chi connectivity index (χ0n) is 15.6. The third-order valence-electron chi connectivity index (χ3n) is 3.67. The van der Waals surface area contributed by atoms with Gasteiger partial charge in [0, 0.05) is 33.9 Å². The quantitative estimate of drug-likeness (QED) is 0.635. The Balaban J connectivity index is 2.05. The second-order valence-corrected chi connectivity index (χ2v) is 7.31. The second kappa shape index (κ2) is 9.92. The Kier molecular flexibility index (Phi) is 7.61. The largest absolute Gasteiger partial charge is 0.496 e. The molecule has 0 bridgehead atoms. The highest BCUT2D eigenvalue weighted by Gasteiger charge is 2.08. The molecule has 27 heavy (non-hydrogen) atoms. The van der Waals surface area contributed by atoms with E-state index in [4.69, 9.17) is 4.74 Å². The van der Waals surface area contributed by atoms with Gasteiger partial charge in [0.25, 0.3) is 5.91 Å². The molecular weight excluding hydrogens is 408 g/mol. The number of ether oxygens (including phenoxy) is 1. The van der Waals surface area contributed by atoms with Gasteiger partial charge in [-0.3, -0.25) is 9.59 Å². The van der Waals surface area contributed by atoms with Crippen molar-refractivity contribution in [2.45, 2.75) is 13.8 Å². The van der Waals surface area contributed by atoms with Crippen LogP contribution >= 0.6 is 15.9 Å². The molecule has 6 heteroatoms. The van der Waals surface area contributed by atoms with Gasteiger partial charge in [0.15, 0.2) is 0 Å². The standard InChI is InChI=1S/C21H23BrN2O3/c1-14(2)13-23-21(26)16-5-4-6-18(12-16)24-20(25)10-7-15-11-17(22)8-9-19(15)27-3/h4-12,14H,13H2,1-3H3,(H,23,26)(H,24,25)/b10-7+. The Morgan fingerprint density at radius 1 is 1.19 bits per heavy atom. The van der Waals surface area contributed by atoms with Crippen LogP contribution in [0.3, 0.4) is 0 Å². The minimum absolute atomic E-state index is 0.158. The molecule has 0 aromatic heterocycles. The molecule has 0 saturated carbocycles. The van der Waals surface area contributed by atoms with Crippen LogP contribution in [0.1, 0.15) is 29.8 Å². The van der Waals surface area contributed by atoms with E-state index in [1.54, 1.807) is 37.5 Å². The zero-order valence-corrected chi connectivity index (χ0v) is 17.2. The number of carbonyl (C=O) groups excluding carboxylic acids is 2. The van der Waals surface area contributed by atoms with E-state index < -0.39 is 0 Å². The third kappa shape index (κ3) is 6.57. The smallest absolute Gasteiger partial charge is 0.251 e. The Morgan fingerprint density at radius 3 is 2.67 bits per heavy atom. The Labute approximate surface area is 167 Å².